The molecule has 1 atom stereocenters. The normalized spacial score (nSPS) is 20.2. The number of carbonyl (C=O) groups excluding carboxylic acids is 1. The molecule has 36 heavy (non-hydrogen) atoms. The third kappa shape index (κ3) is 4.02. The standard InChI is InChI=1S/C25H22N4O5S2/c1-27(21-6-4-10-32-21)22-16(23(30)28-9-3-2-5-20(28)26-22)12-19-24(31)29(25(35)36-19)13-15-7-8-17-18(11-15)34-14-33-17/h2-3,5,7-9,11-12,21H,4,6,10,13-14H2,1H3/b19-12-. The van der Waals surface area contributed by atoms with Gasteiger partial charge in [0, 0.05) is 19.9 Å². The first kappa shape index (κ1) is 23.0. The smallest absolute Gasteiger partial charge is 0.267 e. The Morgan fingerprint density at radius 2 is 2.08 bits per heavy atom. The first-order valence-corrected chi connectivity index (χ1v) is 12.7. The molecule has 1 amide bonds. The number of aromatic nitrogens is 2. The molecule has 6 rings (SSSR count). The third-order valence-corrected chi connectivity index (χ3v) is 7.73. The highest BCUT2D eigenvalue weighted by Crippen LogP contribution is 2.37. The lowest BCUT2D eigenvalue weighted by Crippen LogP contribution is -2.34. The van der Waals surface area contributed by atoms with Gasteiger partial charge in [-0.25, -0.2) is 4.98 Å². The molecule has 0 bridgehead atoms. The molecule has 184 valence electrons. The number of pyridine rings is 1. The zero-order valence-electron chi connectivity index (χ0n) is 19.4. The van der Waals surface area contributed by atoms with Crippen LogP contribution in [0.25, 0.3) is 11.7 Å². The van der Waals surface area contributed by atoms with Gasteiger partial charge in [0.1, 0.15) is 22.0 Å². The van der Waals surface area contributed by atoms with E-state index in [4.69, 9.17) is 31.4 Å². The first-order valence-electron chi connectivity index (χ1n) is 11.5. The number of amides is 1. The topological polar surface area (TPSA) is 85.6 Å². The first-order chi connectivity index (χ1) is 17.5. The molecule has 0 saturated carbocycles. The summed E-state index contributed by atoms with van der Waals surface area (Å²) in [5.41, 5.74) is 1.44. The predicted molar refractivity (Wildman–Crippen MR) is 140 cm³/mol. The summed E-state index contributed by atoms with van der Waals surface area (Å²) in [4.78, 5) is 35.5. The summed E-state index contributed by atoms with van der Waals surface area (Å²) >= 11 is 6.71. The molecule has 1 unspecified atom stereocenters. The molecule has 0 N–H and O–H groups in total. The van der Waals surface area contributed by atoms with Crippen molar-refractivity contribution in [3.05, 3.63) is 69.0 Å². The van der Waals surface area contributed by atoms with Crippen molar-refractivity contribution in [1.29, 1.82) is 0 Å². The van der Waals surface area contributed by atoms with E-state index in [2.05, 4.69) is 0 Å². The Hall–Kier alpha value is -3.41. The summed E-state index contributed by atoms with van der Waals surface area (Å²) in [6.45, 7) is 1.13. The van der Waals surface area contributed by atoms with Crippen molar-refractivity contribution < 1.29 is 19.0 Å². The van der Waals surface area contributed by atoms with E-state index in [1.165, 1.54) is 21.1 Å². The van der Waals surface area contributed by atoms with E-state index in [0.717, 1.165) is 18.4 Å². The Morgan fingerprint density at radius 3 is 2.92 bits per heavy atom. The largest absolute Gasteiger partial charge is 0.454 e. The quantitative estimate of drug-likeness (QED) is 0.370. The fourth-order valence-corrected chi connectivity index (χ4v) is 5.71. The van der Waals surface area contributed by atoms with Crippen molar-refractivity contribution >= 4 is 51.7 Å². The van der Waals surface area contributed by atoms with E-state index in [-0.39, 0.29) is 31.0 Å². The van der Waals surface area contributed by atoms with Gasteiger partial charge in [-0.3, -0.25) is 18.9 Å². The highest BCUT2D eigenvalue weighted by molar-refractivity contribution is 8.26. The monoisotopic (exact) mass is 522 g/mol. The zero-order chi connectivity index (χ0) is 24.8. The number of anilines is 1. The van der Waals surface area contributed by atoms with Crippen molar-refractivity contribution in [2.24, 2.45) is 0 Å². The average Bonchev–Trinajstić information content (AvgIpc) is 3.63. The molecule has 3 aliphatic heterocycles. The van der Waals surface area contributed by atoms with Gasteiger partial charge in [-0.05, 0) is 48.7 Å². The number of hydrogen-bond donors (Lipinski definition) is 0. The van der Waals surface area contributed by atoms with Crippen LogP contribution >= 0.6 is 24.0 Å². The molecule has 0 radical (unpaired) electrons. The van der Waals surface area contributed by atoms with Crippen LogP contribution in [0.3, 0.4) is 0 Å². The second kappa shape index (κ2) is 9.23. The third-order valence-electron chi connectivity index (χ3n) is 6.35. The summed E-state index contributed by atoms with van der Waals surface area (Å²) in [6, 6.07) is 10.9. The van der Waals surface area contributed by atoms with Crippen molar-refractivity contribution in [3.63, 3.8) is 0 Å². The van der Waals surface area contributed by atoms with Crippen LogP contribution in [0.2, 0.25) is 0 Å². The number of carbonyl (C=O) groups is 1. The number of rotatable bonds is 5. The molecular formula is C25H22N4O5S2. The van der Waals surface area contributed by atoms with Gasteiger partial charge in [0.2, 0.25) is 6.79 Å². The Morgan fingerprint density at radius 1 is 1.22 bits per heavy atom. The molecule has 0 aliphatic carbocycles. The maximum Gasteiger partial charge on any atom is 0.267 e. The van der Waals surface area contributed by atoms with Crippen LogP contribution in [0.15, 0.2) is 52.3 Å². The summed E-state index contributed by atoms with van der Waals surface area (Å²) in [6.07, 6.45) is 4.87. The summed E-state index contributed by atoms with van der Waals surface area (Å²) in [5.74, 6) is 1.53. The maximum absolute atomic E-state index is 13.5. The fraction of sp³-hybridized carbons (Fsp3) is 0.280. The minimum Gasteiger partial charge on any atom is -0.454 e. The molecule has 1 aromatic carbocycles. The number of thiocarbonyl (C=S) groups is 1. The highest BCUT2D eigenvalue weighted by Gasteiger charge is 2.34. The van der Waals surface area contributed by atoms with Gasteiger partial charge >= 0.3 is 0 Å². The molecule has 2 aromatic heterocycles. The summed E-state index contributed by atoms with van der Waals surface area (Å²) < 4.78 is 18.6. The minimum atomic E-state index is -0.263. The van der Waals surface area contributed by atoms with Crippen LogP contribution in [-0.4, -0.2) is 51.2 Å². The van der Waals surface area contributed by atoms with E-state index in [1.54, 1.807) is 24.4 Å². The molecular weight excluding hydrogens is 500 g/mol. The molecule has 3 aliphatic rings. The van der Waals surface area contributed by atoms with Crippen molar-refractivity contribution in [2.75, 3.05) is 25.3 Å². The average molecular weight is 523 g/mol. The highest BCUT2D eigenvalue weighted by atomic mass is 32.2. The van der Waals surface area contributed by atoms with Crippen LogP contribution in [-0.2, 0) is 16.1 Å². The van der Waals surface area contributed by atoms with E-state index in [9.17, 15) is 9.59 Å². The van der Waals surface area contributed by atoms with Gasteiger partial charge in [-0.2, -0.15) is 0 Å². The van der Waals surface area contributed by atoms with Crippen molar-refractivity contribution in [1.82, 2.24) is 14.3 Å². The van der Waals surface area contributed by atoms with Crippen LogP contribution in [0.4, 0.5) is 5.82 Å². The molecule has 0 spiro atoms. The number of benzene rings is 1. The Bertz CT molecular complexity index is 1480. The number of hydrogen-bond acceptors (Lipinski definition) is 9. The Labute approximate surface area is 216 Å². The van der Waals surface area contributed by atoms with E-state index >= 15 is 0 Å². The van der Waals surface area contributed by atoms with Gasteiger partial charge < -0.3 is 19.1 Å². The molecule has 9 nitrogen and oxygen atoms in total. The lowest BCUT2D eigenvalue weighted by atomic mass is 10.2. The van der Waals surface area contributed by atoms with Crippen LogP contribution < -0.4 is 19.9 Å². The SMILES string of the molecule is CN(c1nc2ccccn2c(=O)c1/C=C1\SC(=S)N(Cc2ccc3c(c2)OCO3)C1=O)C1CCCO1. The Balaban J connectivity index is 1.36. The number of fused-ring (bicyclic) bond motifs is 2. The van der Waals surface area contributed by atoms with Crippen molar-refractivity contribution in [2.45, 2.75) is 25.6 Å². The van der Waals surface area contributed by atoms with Gasteiger partial charge in [0.05, 0.1) is 17.0 Å². The second-order valence-corrected chi connectivity index (χ2v) is 10.3. The molecule has 5 heterocycles. The van der Waals surface area contributed by atoms with E-state index in [1.807, 2.05) is 36.2 Å². The molecule has 2 saturated heterocycles. The number of nitrogens with zero attached hydrogens (tertiary/aromatic N) is 4. The fourth-order valence-electron chi connectivity index (χ4n) is 4.48. The number of thioether (sulfide) groups is 1. The van der Waals surface area contributed by atoms with Gasteiger partial charge in [-0.15, -0.1) is 0 Å². The molecule has 2 fully saturated rings. The zero-order valence-corrected chi connectivity index (χ0v) is 21.0. The maximum atomic E-state index is 13.5. The lowest BCUT2D eigenvalue weighted by molar-refractivity contribution is -0.122. The Kier molecular flexibility index (Phi) is 5.90. The number of ether oxygens (including phenoxy) is 3. The van der Waals surface area contributed by atoms with Crippen LogP contribution in [0.5, 0.6) is 11.5 Å². The summed E-state index contributed by atoms with van der Waals surface area (Å²) in [7, 11) is 1.86. The predicted octanol–water partition coefficient (Wildman–Crippen LogP) is 3.40. The van der Waals surface area contributed by atoms with Gasteiger partial charge in [0.15, 0.2) is 11.5 Å². The van der Waals surface area contributed by atoms with E-state index in [0.29, 0.717) is 44.4 Å². The summed E-state index contributed by atoms with van der Waals surface area (Å²) in [5, 5.41) is 0. The van der Waals surface area contributed by atoms with Crippen LogP contribution in [0, 0.1) is 0 Å². The van der Waals surface area contributed by atoms with Gasteiger partial charge in [0.25, 0.3) is 11.5 Å². The van der Waals surface area contributed by atoms with E-state index < -0.39 is 0 Å². The lowest BCUT2D eigenvalue weighted by Gasteiger charge is -2.26. The van der Waals surface area contributed by atoms with Crippen molar-refractivity contribution in [3.8, 4) is 11.5 Å². The van der Waals surface area contributed by atoms with Gasteiger partial charge in [-0.1, -0.05) is 36.1 Å². The minimum absolute atomic E-state index is 0.181. The molecule has 11 heteroatoms. The second-order valence-electron chi connectivity index (χ2n) is 8.62. The van der Waals surface area contributed by atoms with Crippen LogP contribution in [0.1, 0.15) is 24.0 Å². The molecule has 3 aromatic rings.